The average Bonchev–Trinajstić information content (AvgIpc) is 2.36. The molecule has 0 spiro atoms. The summed E-state index contributed by atoms with van der Waals surface area (Å²) in [5, 5.41) is 10.8. The second kappa shape index (κ2) is 5.01. The highest BCUT2D eigenvalue weighted by atomic mass is 19.1. The smallest absolute Gasteiger partial charge is 0.314 e. The summed E-state index contributed by atoms with van der Waals surface area (Å²) in [5.41, 5.74) is -0.135. The van der Waals surface area contributed by atoms with E-state index in [1.54, 1.807) is 6.92 Å². The standard InChI is InChI=1S/C13H9F2NO3/c1-8-6-10(3-4-11(8)15)19-13-5-2-9(14)7-12(13)16(17)18/h2-7H,1H3. The van der Waals surface area contributed by atoms with Crippen molar-refractivity contribution in [2.45, 2.75) is 6.92 Å². The molecule has 0 aliphatic heterocycles. The fraction of sp³-hybridized carbons (Fsp3) is 0.0769. The van der Waals surface area contributed by atoms with Crippen LogP contribution in [0.5, 0.6) is 11.5 Å². The molecule has 19 heavy (non-hydrogen) atoms. The van der Waals surface area contributed by atoms with Crippen LogP contribution in [0.1, 0.15) is 5.56 Å². The van der Waals surface area contributed by atoms with E-state index in [1.165, 1.54) is 18.2 Å². The van der Waals surface area contributed by atoms with Gasteiger partial charge in [-0.3, -0.25) is 10.1 Å². The molecule has 4 nitrogen and oxygen atoms in total. The van der Waals surface area contributed by atoms with E-state index in [4.69, 9.17) is 4.74 Å². The van der Waals surface area contributed by atoms with Gasteiger partial charge in [0.15, 0.2) is 0 Å². The summed E-state index contributed by atoms with van der Waals surface area (Å²) in [4.78, 5) is 10.0. The first-order valence-electron chi connectivity index (χ1n) is 5.35. The number of nitro groups is 1. The van der Waals surface area contributed by atoms with Crippen molar-refractivity contribution in [3.8, 4) is 11.5 Å². The summed E-state index contributed by atoms with van der Waals surface area (Å²) in [6, 6.07) is 6.93. The first kappa shape index (κ1) is 12.9. The van der Waals surface area contributed by atoms with Gasteiger partial charge >= 0.3 is 5.69 Å². The van der Waals surface area contributed by atoms with Crippen molar-refractivity contribution >= 4 is 5.69 Å². The number of hydrogen-bond acceptors (Lipinski definition) is 3. The molecule has 0 unspecified atom stereocenters. The maximum Gasteiger partial charge on any atom is 0.314 e. The monoisotopic (exact) mass is 265 g/mol. The lowest BCUT2D eigenvalue weighted by molar-refractivity contribution is -0.385. The maximum absolute atomic E-state index is 13.1. The highest BCUT2D eigenvalue weighted by molar-refractivity contribution is 5.48. The van der Waals surface area contributed by atoms with Crippen LogP contribution in [0, 0.1) is 28.7 Å². The second-order valence-electron chi connectivity index (χ2n) is 3.88. The van der Waals surface area contributed by atoms with E-state index in [0.29, 0.717) is 5.56 Å². The molecule has 0 atom stereocenters. The quantitative estimate of drug-likeness (QED) is 0.623. The van der Waals surface area contributed by atoms with Crippen molar-refractivity contribution in [1.29, 1.82) is 0 Å². The van der Waals surface area contributed by atoms with Crippen LogP contribution in [0.15, 0.2) is 36.4 Å². The summed E-state index contributed by atoms with van der Waals surface area (Å²) >= 11 is 0. The SMILES string of the molecule is Cc1cc(Oc2ccc(F)cc2[N+](=O)[O-])ccc1F. The maximum atomic E-state index is 13.1. The van der Waals surface area contributed by atoms with E-state index in [1.807, 2.05) is 0 Å². The van der Waals surface area contributed by atoms with Crippen molar-refractivity contribution in [2.24, 2.45) is 0 Å². The zero-order valence-electron chi connectivity index (χ0n) is 9.89. The minimum atomic E-state index is -0.741. The third kappa shape index (κ3) is 2.85. The predicted molar refractivity (Wildman–Crippen MR) is 64.3 cm³/mol. The largest absolute Gasteiger partial charge is 0.450 e. The van der Waals surface area contributed by atoms with Gasteiger partial charge in [-0.05, 0) is 42.8 Å². The molecular weight excluding hydrogens is 256 g/mol. The number of nitro benzene ring substituents is 1. The molecule has 2 rings (SSSR count). The number of hydrogen-bond donors (Lipinski definition) is 0. The molecular formula is C13H9F2NO3. The zero-order chi connectivity index (χ0) is 14.0. The van der Waals surface area contributed by atoms with Crippen LogP contribution in [-0.2, 0) is 0 Å². The summed E-state index contributed by atoms with van der Waals surface area (Å²) in [7, 11) is 0. The highest BCUT2D eigenvalue weighted by Crippen LogP contribution is 2.32. The van der Waals surface area contributed by atoms with E-state index in [-0.39, 0.29) is 11.5 Å². The number of halogens is 2. The zero-order valence-corrected chi connectivity index (χ0v) is 9.89. The van der Waals surface area contributed by atoms with Crippen molar-refractivity contribution in [1.82, 2.24) is 0 Å². The molecule has 0 aliphatic rings. The van der Waals surface area contributed by atoms with Gasteiger partial charge in [0, 0.05) is 0 Å². The fourth-order valence-corrected chi connectivity index (χ4v) is 1.53. The molecule has 0 aliphatic carbocycles. The molecule has 98 valence electrons. The van der Waals surface area contributed by atoms with E-state index < -0.39 is 22.2 Å². The summed E-state index contributed by atoms with van der Waals surface area (Å²) in [6.45, 7) is 1.54. The van der Waals surface area contributed by atoms with Gasteiger partial charge in [0.25, 0.3) is 0 Å². The van der Waals surface area contributed by atoms with Gasteiger partial charge in [-0.1, -0.05) is 0 Å². The molecule has 2 aromatic rings. The van der Waals surface area contributed by atoms with Crippen molar-refractivity contribution in [2.75, 3.05) is 0 Å². The van der Waals surface area contributed by atoms with Crippen LogP contribution in [-0.4, -0.2) is 4.92 Å². The van der Waals surface area contributed by atoms with Crippen LogP contribution >= 0.6 is 0 Å². The Morgan fingerprint density at radius 3 is 2.53 bits per heavy atom. The molecule has 6 heteroatoms. The number of aryl methyl sites for hydroxylation is 1. The molecule has 0 saturated carbocycles. The van der Waals surface area contributed by atoms with E-state index in [9.17, 15) is 18.9 Å². The minimum Gasteiger partial charge on any atom is -0.450 e. The number of ether oxygens (including phenoxy) is 1. The first-order valence-corrected chi connectivity index (χ1v) is 5.35. The molecule has 0 bridgehead atoms. The normalized spacial score (nSPS) is 10.3. The van der Waals surface area contributed by atoms with Crippen molar-refractivity contribution in [3.63, 3.8) is 0 Å². The number of benzene rings is 2. The lowest BCUT2D eigenvalue weighted by Gasteiger charge is -2.07. The molecule has 0 fully saturated rings. The second-order valence-corrected chi connectivity index (χ2v) is 3.88. The lowest BCUT2D eigenvalue weighted by atomic mass is 10.2. The lowest BCUT2D eigenvalue weighted by Crippen LogP contribution is -1.95. The molecule has 0 heterocycles. The third-order valence-electron chi connectivity index (χ3n) is 2.47. The van der Waals surface area contributed by atoms with Crippen LogP contribution in [0.4, 0.5) is 14.5 Å². The Balaban J connectivity index is 2.37. The van der Waals surface area contributed by atoms with Gasteiger partial charge in [0.05, 0.1) is 11.0 Å². The molecule has 0 saturated heterocycles. The topological polar surface area (TPSA) is 52.4 Å². The van der Waals surface area contributed by atoms with Crippen LogP contribution in [0.2, 0.25) is 0 Å². The van der Waals surface area contributed by atoms with Gasteiger partial charge < -0.3 is 4.74 Å². The van der Waals surface area contributed by atoms with E-state index >= 15 is 0 Å². The summed E-state index contributed by atoms with van der Waals surface area (Å²) in [6.07, 6.45) is 0. The Kier molecular flexibility index (Phi) is 3.41. The van der Waals surface area contributed by atoms with Crippen LogP contribution < -0.4 is 4.74 Å². The van der Waals surface area contributed by atoms with Gasteiger partial charge in [0.1, 0.15) is 17.4 Å². The predicted octanol–water partition coefficient (Wildman–Crippen LogP) is 3.97. The Hall–Kier alpha value is -2.50. The van der Waals surface area contributed by atoms with Crippen molar-refractivity contribution < 1.29 is 18.4 Å². The van der Waals surface area contributed by atoms with E-state index in [2.05, 4.69) is 0 Å². The van der Waals surface area contributed by atoms with Gasteiger partial charge in [-0.15, -0.1) is 0 Å². The Morgan fingerprint density at radius 2 is 1.89 bits per heavy atom. The number of rotatable bonds is 3. The molecule has 2 aromatic carbocycles. The summed E-state index contributed by atoms with van der Waals surface area (Å²) in [5.74, 6) is -0.985. The Bertz CT molecular complexity index is 644. The fourth-order valence-electron chi connectivity index (χ4n) is 1.53. The minimum absolute atomic E-state index is 0.0996. The van der Waals surface area contributed by atoms with Crippen LogP contribution in [0.25, 0.3) is 0 Å². The Labute approximate surface area is 107 Å². The van der Waals surface area contributed by atoms with Gasteiger partial charge in [-0.2, -0.15) is 0 Å². The average molecular weight is 265 g/mol. The molecule has 0 radical (unpaired) electrons. The molecule has 0 aromatic heterocycles. The molecule has 0 amide bonds. The van der Waals surface area contributed by atoms with E-state index in [0.717, 1.165) is 18.2 Å². The highest BCUT2D eigenvalue weighted by Gasteiger charge is 2.17. The Morgan fingerprint density at radius 1 is 1.16 bits per heavy atom. The summed E-state index contributed by atoms with van der Waals surface area (Å²) < 4.78 is 31.3. The van der Waals surface area contributed by atoms with Crippen molar-refractivity contribution in [3.05, 3.63) is 63.7 Å². The van der Waals surface area contributed by atoms with Gasteiger partial charge in [-0.25, -0.2) is 8.78 Å². The van der Waals surface area contributed by atoms with Crippen LogP contribution in [0.3, 0.4) is 0 Å². The first-order chi connectivity index (χ1) is 8.97. The van der Waals surface area contributed by atoms with Gasteiger partial charge in [0.2, 0.25) is 5.75 Å². The third-order valence-corrected chi connectivity index (χ3v) is 2.47. The molecule has 0 N–H and O–H groups in total. The number of nitrogens with zero attached hydrogens (tertiary/aromatic N) is 1.